The smallest absolute Gasteiger partial charge is 0.339 e. The van der Waals surface area contributed by atoms with Crippen LogP contribution in [-0.2, 0) is 9.53 Å². The van der Waals surface area contributed by atoms with Crippen LogP contribution in [0.25, 0.3) is 0 Å². The number of ether oxygens (including phenoxy) is 1. The highest BCUT2D eigenvalue weighted by atomic mass is 32.2. The average Bonchev–Trinajstić information content (AvgIpc) is 3.04. The van der Waals surface area contributed by atoms with Crippen molar-refractivity contribution in [3.63, 3.8) is 0 Å². The van der Waals surface area contributed by atoms with Gasteiger partial charge in [0, 0.05) is 7.05 Å². The van der Waals surface area contributed by atoms with Crippen LogP contribution in [-0.4, -0.2) is 42.0 Å². The number of thioether (sulfide) groups is 1. The zero-order chi connectivity index (χ0) is 15.2. The van der Waals surface area contributed by atoms with Gasteiger partial charge in [-0.25, -0.2) is 4.79 Å². The second kappa shape index (κ2) is 7.19. The van der Waals surface area contributed by atoms with E-state index < -0.39 is 5.97 Å². The number of para-hydroxylation sites is 1. The Morgan fingerprint density at radius 1 is 1.38 bits per heavy atom. The molecular weight excluding hydrogens is 310 g/mol. The van der Waals surface area contributed by atoms with Gasteiger partial charge in [-0.3, -0.25) is 4.79 Å². The van der Waals surface area contributed by atoms with Gasteiger partial charge < -0.3 is 9.64 Å². The molecule has 1 aromatic carbocycles. The third-order valence-electron chi connectivity index (χ3n) is 2.70. The fourth-order valence-electron chi connectivity index (χ4n) is 1.63. The first-order valence-corrected chi connectivity index (χ1v) is 7.83. The van der Waals surface area contributed by atoms with Crippen LogP contribution in [0.4, 0.5) is 5.69 Å². The van der Waals surface area contributed by atoms with Crippen LogP contribution in [0.5, 0.6) is 0 Å². The van der Waals surface area contributed by atoms with Crippen molar-refractivity contribution in [1.29, 1.82) is 0 Å². The maximum Gasteiger partial charge on any atom is 0.339 e. The molecule has 0 saturated heterocycles. The molecule has 0 N–H and O–H groups in total. The predicted molar refractivity (Wildman–Crippen MR) is 81.8 cm³/mol. The molecule has 0 saturated carbocycles. The summed E-state index contributed by atoms with van der Waals surface area (Å²) in [4.78, 5) is 25.4. The molecule has 1 aromatic heterocycles. The Labute approximate surface area is 130 Å². The zero-order valence-electron chi connectivity index (χ0n) is 11.5. The van der Waals surface area contributed by atoms with Crippen molar-refractivity contribution in [1.82, 2.24) is 10.2 Å². The van der Waals surface area contributed by atoms with E-state index in [0.717, 1.165) is 4.34 Å². The molecule has 0 bridgehead atoms. The molecule has 2 aromatic rings. The van der Waals surface area contributed by atoms with E-state index >= 15 is 0 Å². The monoisotopic (exact) mass is 323 g/mol. The summed E-state index contributed by atoms with van der Waals surface area (Å²) in [6, 6.07) is 6.83. The predicted octanol–water partition coefficient (Wildman–Crippen LogP) is 2.08. The number of aromatic nitrogens is 2. The summed E-state index contributed by atoms with van der Waals surface area (Å²) in [5, 5.41) is 7.58. The number of carbonyl (C=O) groups is 2. The van der Waals surface area contributed by atoms with Gasteiger partial charge in [-0.2, -0.15) is 0 Å². The highest BCUT2D eigenvalue weighted by Crippen LogP contribution is 2.23. The SMILES string of the molecule is COC(=O)c1ccccc1N(C)C(=O)CSc1nncs1. The van der Waals surface area contributed by atoms with E-state index in [1.54, 1.807) is 36.8 Å². The van der Waals surface area contributed by atoms with Gasteiger partial charge in [0.25, 0.3) is 0 Å². The number of amides is 1. The Morgan fingerprint density at radius 3 is 2.81 bits per heavy atom. The number of nitrogens with zero attached hydrogens (tertiary/aromatic N) is 3. The van der Waals surface area contributed by atoms with Gasteiger partial charge in [0.05, 0.1) is 24.1 Å². The summed E-state index contributed by atoms with van der Waals surface area (Å²) >= 11 is 2.70. The van der Waals surface area contributed by atoms with Crippen molar-refractivity contribution in [3.8, 4) is 0 Å². The highest BCUT2D eigenvalue weighted by molar-refractivity contribution is 8.01. The summed E-state index contributed by atoms with van der Waals surface area (Å²) in [6.45, 7) is 0. The lowest BCUT2D eigenvalue weighted by Gasteiger charge is -2.19. The zero-order valence-corrected chi connectivity index (χ0v) is 13.1. The number of carbonyl (C=O) groups excluding carboxylic acids is 2. The number of hydrogen-bond acceptors (Lipinski definition) is 7. The number of rotatable bonds is 5. The third kappa shape index (κ3) is 3.79. The standard InChI is InChI=1S/C13H13N3O3S2/c1-16(11(17)7-20-13-15-14-8-21-13)10-6-4-3-5-9(10)12(18)19-2/h3-6,8H,7H2,1-2H3. The lowest BCUT2D eigenvalue weighted by Crippen LogP contribution is -2.29. The average molecular weight is 323 g/mol. The van der Waals surface area contributed by atoms with Gasteiger partial charge in [0.1, 0.15) is 5.51 Å². The van der Waals surface area contributed by atoms with Crippen molar-refractivity contribution >= 4 is 40.7 Å². The molecule has 0 radical (unpaired) electrons. The normalized spacial score (nSPS) is 10.2. The molecule has 21 heavy (non-hydrogen) atoms. The number of anilines is 1. The van der Waals surface area contributed by atoms with Crippen LogP contribution in [0.2, 0.25) is 0 Å². The quantitative estimate of drug-likeness (QED) is 0.619. The molecule has 110 valence electrons. The van der Waals surface area contributed by atoms with Crippen molar-refractivity contribution in [2.75, 3.05) is 24.8 Å². The van der Waals surface area contributed by atoms with Crippen LogP contribution in [0.3, 0.4) is 0 Å². The Kier molecular flexibility index (Phi) is 5.29. The van der Waals surface area contributed by atoms with Crippen LogP contribution in [0.1, 0.15) is 10.4 Å². The Balaban J connectivity index is 2.10. The van der Waals surface area contributed by atoms with Crippen molar-refractivity contribution < 1.29 is 14.3 Å². The van der Waals surface area contributed by atoms with E-state index in [4.69, 9.17) is 4.74 Å². The summed E-state index contributed by atoms with van der Waals surface area (Å²) in [5.41, 5.74) is 2.49. The third-order valence-corrected chi connectivity index (χ3v) is 4.55. The van der Waals surface area contributed by atoms with Crippen molar-refractivity contribution in [2.24, 2.45) is 0 Å². The number of benzene rings is 1. The van der Waals surface area contributed by atoms with E-state index in [-0.39, 0.29) is 11.7 Å². The summed E-state index contributed by atoms with van der Waals surface area (Å²) in [7, 11) is 2.94. The molecule has 0 aliphatic carbocycles. The van der Waals surface area contributed by atoms with Crippen molar-refractivity contribution in [3.05, 3.63) is 35.3 Å². The molecule has 1 amide bonds. The van der Waals surface area contributed by atoms with E-state index in [1.165, 1.54) is 35.1 Å². The first kappa shape index (κ1) is 15.5. The van der Waals surface area contributed by atoms with Gasteiger partial charge in [0.15, 0.2) is 4.34 Å². The second-order valence-corrected chi connectivity index (χ2v) is 6.01. The fraction of sp³-hybridized carbons (Fsp3) is 0.231. The maximum atomic E-state index is 12.2. The molecule has 0 unspecified atom stereocenters. The van der Waals surface area contributed by atoms with Crippen LogP contribution in [0.15, 0.2) is 34.1 Å². The molecule has 1 heterocycles. The summed E-state index contributed by atoms with van der Waals surface area (Å²) in [5.74, 6) is -0.380. The molecule has 0 fully saturated rings. The molecular formula is C13H13N3O3S2. The summed E-state index contributed by atoms with van der Waals surface area (Å²) < 4.78 is 5.46. The largest absolute Gasteiger partial charge is 0.465 e. The fourth-order valence-corrected chi connectivity index (χ4v) is 3.03. The van der Waals surface area contributed by atoms with E-state index in [0.29, 0.717) is 11.3 Å². The Bertz CT molecular complexity index is 631. The minimum atomic E-state index is -0.470. The molecule has 0 spiro atoms. The van der Waals surface area contributed by atoms with Gasteiger partial charge in [-0.1, -0.05) is 35.2 Å². The molecule has 0 aliphatic rings. The topological polar surface area (TPSA) is 72.4 Å². The minimum Gasteiger partial charge on any atom is -0.465 e. The minimum absolute atomic E-state index is 0.133. The van der Waals surface area contributed by atoms with Gasteiger partial charge >= 0.3 is 5.97 Å². The van der Waals surface area contributed by atoms with E-state index in [9.17, 15) is 9.59 Å². The maximum absolute atomic E-state index is 12.2. The molecule has 6 nitrogen and oxygen atoms in total. The number of esters is 1. The molecule has 8 heteroatoms. The first-order chi connectivity index (χ1) is 10.1. The first-order valence-electron chi connectivity index (χ1n) is 5.96. The molecule has 0 atom stereocenters. The molecule has 2 rings (SSSR count). The Morgan fingerprint density at radius 2 is 2.14 bits per heavy atom. The van der Waals surface area contributed by atoms with Gasteiger partial charge in [-0.05, 0) is 12.1 Å². The lowest BCUT2D eigenvalue weighted by atomic mass is 10.1. The Hall–Kier alpha value is -1.93. The number of hydrogen-bond donors (Lipinski definition) is 0. The lowest BCUT2D eigenvalue weighted by molar-refractivity contribution is -0.115. The van der Waals surface area contributed by atoms with Crippen LogP contribution < -0.4 is 4.90 Å². The van der Waals surface area contributed by atoms with Gasteiger partial charge in [0.2, 0.25) is 5.91 Å². The van der Waals surface area contributed by atoms with Crippen LogP contribution >= 0.6 is 23.1 Å². The summed E-state index contributed by atoms with van der Waals surface area (Å²) in [6.07, 6.45) is 0. The van der Waals surface area contributed by atoms with Crippen LogP contribution in [0, 0.1) is 0 Å². The van der Waals surface area contributed by atoms with Crippen molar-refractivity contribution in [2.45, 2.75) is 4.34 Å². The highest BCUT2D eigenvalue weighted by Gasteiger charge is 2.19. The van der Waals surface area contributed by atoms with E-state index in [2.05, 4.69) is 10.2 Å². The van der Waals surface area contributed by atoms with E-state index in [1.807, 2.05) is 0 Å². The molecule has 0 aliphatic heterocycles. The second-order valence-electron chi connectivity index (χ2n) is 3.95. The van der Waals surface area contributed by atoms with Gasteiger partial charge in [-0.15, -0.1) is 10.2 Å². The number of methoxy groups -OCH3 is 1.